The van der Waals surface area contributed by atoms with Crippen LogP contribution in [0.5, 0.6) is 0 Å². The third kappa shape index (κ3) is 1.09. The first-order chi connectivity index (χ1) is 6.68. The van der Waals surface area contributed by atoms with Gasteiger partial charge in [-0.1, -0.05) is 13.0 Å². The van der Waals surface area contributed by atoms with Crippen molar-refractivity contribution in [2.24, 2.45) is 11.1 Å². The van der Waals surface area contributed by atoms with Crippen molar-refractivity contribution in [1.29, 1.82) is 0 Å². The van der Waals surface area contributed by atoms with Crippen LogP contribution in [0, 0.1) is 5.41 Å². The van der Waals surface area contributed by atoms with Crippen LogP contribution in [0.1, 0.15) is 18.9 Å². The molecule has 1 aromatic rings. The smallest absolute Gasteiger partial charge is 0.0508 e. The van der Waals surface area contributed by atoms with Crippen LogP contribution in [0.25, 0.3) is 0 Å². The second kappa shape index (κ2) is 3.04. The molecule has 0 saturated heterocycles. The normalized spacial score (nSPS) is 35.6. The zero-order valence-electron chi connectivity index (χ0n) is 8.40. The number of hydrogen-bond acceptors (Lipinski definition) is 3. The highest BCUT2D eigenvalue weighted by Gasteiger charge is 2.63. The van der Waals surface area contributed by atoms with E-state index in [0.29, 0.717) is 6.54 Å². The second-order valence-electron chi connectivity index (χ2n) is 4.39. The molecule has 2 atom stereocenters. The van der Waals surface area contributed by atoms with E-state index in [1.807, 2.05) is 12.3 Å². The quantitative estimate of drug-likeness (QED) is 0.740. The molecule has 76 valence electrons. The van der Waals surface area contributed by atoms with Crippen LogP contribution in [0.2, 0.25) is 0 Å². The zero-order chi connectivity index (χ0) is 10.2. The van der Waals surface area contributed by atoms with Gasteiger partial charge < -0.3 is 10.8 Å². The summed E-state index contributed by atoms with van der Waals surface area (Å²) < 4.78 is 0. The molecule has 0 aliphatic heterocycles. The highest BCUT2D eigenvalue weighted by molar-refractivity contribution is 5.35. The molecular weight excluding hydrogens is 176 g/mol. The Morgan fingerprint density at radius 1 is 1.64 bits per heavy atom. The van der Waals surface area contributed by atoms with E-state index in [2.05, 4.69) is 18.0 Å². The molecule has 1 aromatic heterocycles. The zero-order valence-corrected chi connectivity index (χ0v) is 8.40. The Morgan fingerprint density at radius 3 is 2.86 bits per heavy atom. The molecule has 0 amide bonds. The lowest BCUT2D eigenvalue weighted by molar-refractivity contribution is 0.198. The first kappa shape index (κ1) is 9.62. The van der Waals surface area contributed by atoms with Gasteiger partial charge >= 0.3 is 0 Å². The van der Waals surface area contributed by atoms with Gasteiger partial charge in [-0.2, -0.15) is 0 Å². The van der Waals surface area contributed by atoms with Crippen LogP contribution >= 0.6 is 0 Å². The SMILES string of the molecule is CC1(c2cccnc2)CC1(CN)CO. The fraction of sp³-hybridized carbons (Fsp3) is 0.545. The molecule has 2 rings (SSSR count). The molecule has 0 radical (unpaired) electrons. The van der Waals surface area contributed by atoms with Crippen molar-refractivity contribution in [2.75, 3.05) is 13.2 Å². The number of rotatable bonds is 3. The maximum absolute atomic E-state index is 9.35. The number of aliphatic hydroxyl groups is 1. The van der Waals surface area contributed by atoms with Gasteiger partial charge in [-0.15, -0.1) is 0 Å². The predicted octanol–water partition coefficient (Wildman–Crippen LogP) is 0.680. The van der Waals surface area contributed by atoms with Gasteiger partial charge in [0.05, 0.1) is 6.61 Å². The van der Waals surface area contributed by atoms with Crippen molar-refractivity contribution >= 4 is 0 Å². The first-order valence-corrected chi connectivity index (χ1v) is 4.90. The molecule has 0 spiro atoms. The van der Waals surface area contributed by atoms with E-state index >= 15 is 0 Å². The van der Waals surface area contributed by atoms with Gasteiger partial charge in [0.1, 0.15) is 0 Å². The lowest BCUT2D eigenvalue weighted by atomic mass is 9.89. The van der Waals surface area contributed by atoms with Crippen LogP contribution in [0.3, 0.4) is 0 Å². The van der Waals surface area contributed by atoms with Gasteiger partial charge in [0.2, 0.25) is 0 Å². The lowest BCUT2D eigenvalue weighted by Crippen LogP contribution is -2.27. The summed E-state index contributed by atoms with van der Waals surface area (Å²) >= 11 is 0. The van der Waals surface area contributed by atoms with Gasteiger partial charge in [0.15, 0.2) is 0 Å². The molecule has 3 N–H and O–H groups in total. The molecule has 1 saturated carbocycles. The Morgan fingerprint density at radius 2 is 2.43 bits per heavy atom. The second-order valence-corrected chi connectivity index (χ2v) is 4.39. The third-order valence-corrected chi connectivity index (χ3v) is 3.73. The average Bonchev–Trinajstić information content (AvgIpc) is 2.88. The van der Waals surface area contributed by atoms with Crippen molar-refractivity contribution in [3.63, 3.8) is 0 Å². The molecule has 1 aliphatic carbocycles. The summed E-state index contributed by atoms with van der Waals surface area (Å²) in [5.41, 5.74) is 6.80. The third-order valence-electron chi connectivity index (χ3n) is 3.73. The Kier molecular flexibility index (Phi) is 2.09. The van der Waals surface area contributed by atoms with E-state index in [9.17, 15) is 5.11 Å². The van der Waals surface area contributed by atoms with E-state index in [0.717, 1.165) is 6.42 Å². The molecule has 1 aliphatic rings. The standard InChI is InChI=1S/C11H16N2O/c1-10(6-11(10,7-12)8-14)9-3-2-4-13-5-9/h2-5,14H,6-8,12H2,1H3. The lowest BCUT2D eigenvalue weighted by Gasteiger charge is -2.19. The summed E-state index contributed by atoms with van der Waals surface area (Å²) in [4.78, 5) is 4.10. The van der Waals surface area contributed by atoms with E-state index in [1.165, 1.54) is 5.56 Å². The van der Waals surface area contributed by atoms with Crippen molar-refractivity contribution < 1.29 is 5.11 Å². The van der Waals surface area contributed by atoms with Crippen LogP contribution in [-0.2, 0) is 5.41 Å². The highest BCUT2D eigenvalue weighted by atomic mass is 16.3. The first-order valence-electron chi connectivity index (χ1n) is 4.90. The average molecular weight is 192 g/mol. The summed E-state index contributed by atoms with van der Waals surface area (Å²) in [6.45, 7) is 2.84. The number of nitrogens with two attached hydrogens (primary N) is 1. The van der Waals surface area contributed by atoms with E-state index < -0.39 is 0 Å². The van der Waals surface area contributed by atoms with Gasteiger partial charge in [-0.05, 0) is 18.1 Å². The largest absolute Gasteiger partial charge is 0.396 e. The van der Waals surface area contributed by atoms with Crippen LogP contribution < -0.4 is 5.73 Å². The van der Waals surface area contributed by atoms with E-state index in [4.69, 9.17) is 5.73 Å². The molecule has 1 fully saturated rings. The summed E-state index contributed by atoms with van der Waals surface area (Å²) in [6.07, 6.45) is 4.59. The fourth-order valence-electron chi connectivity index (χ4n) is 2.32. The summed E-state index contributed by atoms with van der Waals surface area (Å²) in [6, 6.07) is 3.98. The van der Waals surface area contributed by atoms with Crippen LogP contribution in [-0.4, -0.2) is 23.2 Å². The van der Waals surface area contributed by atoms with Crippen molar-refractivity contribution in [3.8, 4) is 0 Å². The van der Waals surface area contributed by atoms with Crippen molar-refractivity contribution in [3.05, 3.63) is 30.1 Å². The predicted molar refractivity (Wildman–Crippen MR) is 54.8 cm³/mol. The topological polar surface area (TPSA) is 59.1 Å². The molecule has 3 nitrogen and oxygen atoms in total. The van der Waals surface area contributed by atoms with Crippen LogP contribution in [0.4, 0.5) is 0 Å². The minimum atomic E-state index is -0.115. The van der Waals surface area contributed by atoms with Crippen LogP contribution in [0.15, 0.2) is 24.5 Å². The summed E-state index contributed by atoms with van der Waals surface area (Å²) in [7, 11) is 0. The number of pyridine rings is 1. The number of aliphatic hydroxyl groups excluding tert-OH is 1. The maximum atomic E-state index is 9.35. The Balaban J connectivity index is 2.30. The van der Waals surface area contributed by atoms with Gasteiger partial charge in [0, 0.05) is 29.8 Å². The maximum Gasteiger partial charge on any atom is 0.0508 e. The van der Waals surface area contributed by atoms with Gasteiger partial charge in [-0.25, -0.2) is 0 Å². The monoisotopic (exact) mass is 192 g/mol. The summed E-state index contributed by atoms with van der Waals surface area (Å²) in [5.74, 6) is 0. The number of hydrogen-bond donors (Lipinski definition) is 2. The van der Waals surface area contributed by atoms with E-state index in [-0.39, 0.29) is 17.4 Å². The number of aromatic nitrogens is 1. The van der Waals surface area contributed by atoms with Gasteiger partial charge in [-0.3, -0.25) is 4.98 Å². The number of nitrogens with zero attached hydrogens (tertiary/aromatic N) is 1. The minimum Gasteiger partial charge on any atom is -0.396 e. The Hall–Kier alpha value is -0.930. The molecule has 2 unspecified atom stereocenters. The molecule has 3 heteroatoms. The summed E-state index contributed by atoms with van der Waals surface area (Å²) in [5, 5.41) is 9.35. The molecule has 14 heavy (non-hydrogen) atoms. The van der Waals surface area contributed by atoms with Crippen molar-refractivity contribution in [1.82, 2.24) is 4.98 Å². The highest BCUT2D eigenvalue weighted by Crippen LogP contribution is 2.63. The van der Waals surface area contributed by atoms with Gasteiger partial charge in [0.25, 0.3) is 0 Å². The minimum absolute atomic E-state index is 0.0186. The molecular formula is C11H16N2O. The Labute approximate surface area is 84.0 Å². The fourth-order valence-corrected chi connectivity index (χ4v) is 2.32. The van der Waals surface area contributed by atoms with Crippen molar-refractivity contribution in [2.45, 2.75) is 18.8 Å². The Bertz CT molecular complexity index is 321. The molecule has 0 bridgehead atoms. The van der Waals surface area contributed by atoms with E-state index in [1.54, 1.807) is 6.20 Å². The molecule has 0 aromatic carbocycles. The molecule has 1 heterocycles.